The highest BCUT2D eigenvalue weighted by atomic mass is 16.4. The molecule has 0 unspecified atom stereocenters. The molecule has 0 aliphatic heterocycles. The van der Waals surface area contributed by atoms with Gasteiger partial charge >= 0.3 is 23.9 Å². The molecule has 0 saturated carbocycles. The second-order valence-electron chi connectivity index (χ2n) is 34.4. The third-order valence-electron chi connectivity index (χ3n) is 21.2. The Bertz CT molecular complexity index is 4850. The summed E-state index contributed by atoms with van der Waals surface area (Å²) in [6.07, 6.45) is -4.26. The maximum Gasteiger partial charge on any atom is 0.326 e. The van der Waals surface area contributed by atoms with Crippen LogP contribution >= 0.6 is 0 Å². The van der Waals surface area contributed by atoms with E-state index in [0.717, 1.165) is 6.92 Å². The number of phenolic OH excluding ortho intramolecular Hbond substituents is 1. The molecule has 3 rings (SSSR count). The molecule has 142 heavy (non-hydrogen) atoms. The fourth-order valence-corrected chi connectivity index (χ4v) is 13.2. The molecule has 34 N–H and O–H groups in total. The van der Waals surface area contributed by atoms with Gasteiger partial charge in [0, 0.05) is 44.7 Å². The maximum absolute atomic E-state index is 14.6. The standard InChI is InChI=1S/C87H131N23O32/c1-41(2)29-55(76(131)99-51(23-26-65(119)120)73(128)92-35-63(117)97-53(22-25-62(90)116)75(130)96-43(5)70(125)95-44(6)71(126)100-54(85(140)141)17-13-14-28-88)101-77(132)57(31-47-18-20-49(115)21-19-47)102-80(135)59(37-111)104-82(137)61(39-113)105-83(138)68(42(3)4)108-79(134)58(33-67(123)124)103-81(136)60(38-112)106-84(139)69(45(7)114)109-78(133)56(30-46-15-11-10-12-16-46)98-64(118)36-93-74(129)52(24-27-66(121)122)107-86(142)87(8,9)110-72(127)50(89)32-48-34-91-40-94-48/h10-12,15-16,18-21,34,40-45,50-61,68-69,111-115H,13-14,17,22-33,35-39,88-89H2,1-9H3,(H2,90,116)(H,91,94)(H,92,128)(H,93,129)(H,95,125)(H,96,130)(H,97,117)(H,98,118)(H,99,131)(H,100,126)(H,101,132)(H,102,135)(H,103,136)(H,104,137)(H,105,138)(H,106,139)(H,107,142)(H,108,134)(H,109,133)(H,110,127)(H,119,120)(H,121,122)(H,123,124)(H,140,141)/t43-,44-,45+,50-,51-,52-,53-,54-,55-,56-,57-,58-,59-,60-,61-,68-,69-/m0/s1. The lowest BCUT2D eigenvalue weighted by molar-refractivity contribution is -0.142. The average Bonchev–Trinajstić information content (AvgIpc) is 0.975. The van der Waals surface area contributed by atoms with Crippen LogP contribution in [0.1, 0.15) is 150 Å². The summed E-state index contributed by atoms with van der Waals surface area (Å²) in [5.74, 6) is -29.9. The third kappa shape index (κ3) is 44.0. The minimum Gasteiger partial charge on any atom is -0.508 e. The topological polar surface area (TPSA) is 898 Å². The number of aromatic nitrogens is 2. The van der Waals surface area contributed by atoms with Crippen molar-refractivity contribution in [1.82, 2.24) is 106 Å². The van der Waals surface area contributed by atoms with Crippen LogP contribution in [0.25, 0.3) is 0 Å². The molecule has 2 aromatic carbocycles. The number of aliphatic hydroxyl groups is 4. The summed E-state index contributed by atoms with van der Waals surface area (Å²) in [7, 11) is 0. The monoisotopic (exact) mass is 2010 g/mol. The number of hydrogen-bond acceptors (Lipinski definition) is 31. The van der Waals surface area contributed by atoms with Crippen molar-refractivity contribution in [2.75, 3.05) is 39.5 Å². The molecule has 3 aromatic rings. The van der Waals surface area contributed by atoms with E-state index >= 15 is 0 Å². The Morgan fingerprint density at radius 3 is 1.28 bits per heavy atom. The molecular formula is C87H131N23O32. The predicted octanol–water partition coefficient (Wildman–Crippen LogP) is -11.3. The van der Waals surface area contributed by atoms with E-state index in [1.165, 1.54) is 90.5 Å². The zero-order chi connectivity index (χ0) is 107. The van der Waals surface area contributed by atoms with Gasteiger partial charge in [-0.2, -0.15) is 0 Å². The van der Waals surface area contributed by atoms with E-state index in [1.54, 1.807) is 32.0 Å². The molecule has 0 aliphatic carbocycles. The van der Waals surface area contributed by atoms with Crippen molar-refractivity contribution >= 4 is 136 Å². The summed E-state index contributed by atoms with van der Waals surface area (Å²) >= 11 is 0. The lowest BCUT2D eigenvalue weighted by Crippen LogP contribution is -2.63. The van der Waals surface area contributed by atoms with Gasteiger partial charge in [0.25, 0.3) is 0 Å². The Kier molecular flexibility index (Phi) is 51.9. The van der Waals surface area contributed by atoms with Crippen LogP contribution in [0, 0.1) is 11.8 Å². The molecule has 19 amide bonds. The van der Waals surface area contributed by atoms with E-state index < -0.39 is 341 Å². The number of imidazole rings is 1. The van der Waals surface area contributed by atoms with Crippen LogP contribution in [0.15, 0.2) is 67.1 Å². The SMILES string of the molecule is CC(C)C[C@H](NC(=O)[C@H](Cc1ccc(O)cc1)NC(=O)[C@H](CO)NC(=O)[C@H](CO)NC(=O)[C@@H](NC(=O)[C@H](CC(=O)O)NC(=O)[C@H](CO)NC(=O)[C@@H](NC(=O)[C@H](Cc1ccccc1)NC(=O)CNC(=O)[C@H](CCC(=O)O)NC(=O)C(C)(C)NC(=O)[C@@H](N)Cc1c[nH]cn1)[C@@H](C)O)C(C)C)C(=O)N[C@@H](CCC(=O)O)C(=O)NCC(=O)N[C@@H](CCC(N)=O)C(=O)N[C@@H](C)C(=O)N[C@@H](C)C(=O)N[C@@H](CCCCN)C(=O)O. The largest absolute Gasteiger partial charge is 0.508 e. The van der Waals surface area contributed by atoms with Crippen molar-refractivity contribution in [3.63, 3.8) is 0 Å². The normalized spacial score (nSPS) is 14.8. The number of nitrogens with zero attached hydrogens (tertiary/aromatic N) is 1. The number of primary amides is 1. The number of benzene rings is 2. The van der Waals surface area contributed by atoms with Crippen LogP contribution in [0.4, 0.5) is 0 Å². The number of carboxylic acids is 4. The van der Waals surface area contributed by atoms with Crippen molar-refractivity contribution in [3.8, 4) is 5.75 Å². The smallest absolute Gasteiger partial charge is 0.326 e. The number of carbonyl (C=O) groups is 23. The lowest BCUT2D eigenvalue weighted by Gasteiger charge is -2.29. The molecule has 0 saturated heterocycles. The van der Waals surface area contributed by atoms with Crippen molar-refractivity contribution in [1.29, 1.82) is 0 Å². The summed E-state index contributed by atoms with van der Waals surface area (Å²) in [5, 5.41) is 132. The highest BCUT2D eigenvalue weighted by molar-refractivity contribution is 6.02. The second kappa shape index (κ2) is 60.8. The number of aromatic amines is 1. The zero-order valence-corrected chi connectivity index (χ0v) is 79.6. The second-order valence-corrected chi connectivity index (χ2v) is 34.4. The fourth-order valence-electron chi connectivity index (χ4n) is 13.2. The number of aliphatic carboxylic acids is 4. The number of aromatic hydroxyl groups is 1. The number of hydrogen-bond donors (Lipinski definition) is 31. The van der Waals surface area contributed by atoms with Crippen LogP contribution in [0.5, 0.6) is 5.75 Å². The van der Waals surface area contributed by atoms with Crippen LogP contribution in [0.2, 0.25) is 0 Å². The van der Waals surface area contributed by atoms with Gasteiger partial charge in [-0.1, -0.05) is 70.2 Å². The van der Waals surface area contributed by atoms with Crippen molar-refractivity contribution in [3.05, 3.63) is 83.9 Å². The molecule has 786 valence electrons. The highest BCUT2D eigenvalue weighted by Crippen LogP contribution is 2.17. The summed E-state index contributed by atoms with van der Waals surface area (Å²) in [5.41, 5.74) is 16.1. The molecule has 55 nitrogen and oxygen atoms in total. The molecule has 1 heterocycles. The number of nitrogens with two attached hydrogens (primary N) is 3. The van der Waals surface area contributed by atoms with Crippen molar-refractivity contribution < 1.29 is 156 Å². The van der Waals surface area contributed by atoms with E-state index in [9.17, 15) is 156 Å². The van der Waals surface area contributed by atoms with E-state index in [1.807, 2.05) is 5.32 Å². The minimum atomic E-state index is -2.20. The van der Waals surface area contributed by atoms with E-state index in [4.69, 9.17) is 17.2 Å². The van der Waals surface area contributed by atoms with Crippen LogP contribution in [0.3, 0.4) is 0 Å². The molecule has 0 aliphatic rings. The fraction of sp³-hybridized carbons (Fsp3) is 0.563. The predicted molar refractivity (Wildman–Crippen MR) is 493 cm³/mol. The first-order valence-electron chi connectivity index (χ1n) is 45.0. The molecule has 0 spiro atoms. The van der Waals surface area contributed by atoms with Gasteiger partial charge < -0.3 is 164 Å². The Balaban J connectivity index is 1.80. The van der Waals surface area contributed by atoms with Crippen LogP contribution < -0.4 is 113 Å². The van der Waals surface area contributed by atoms with Crippen molar-refractivity contribution in [2.45, 2.75) is 261 Å². The highest BCUT2D eigenvalue weighted by Gasteiger charge is 2.41. The summed E-state index contributed by atoms with van der Waals surface area (Å²) in [6.45, 7) is 6.18. The van der Waals surface area contributed by atoms with Gasteiger partial charge in [0.05, 0.1) is 63.5 Å². The first-order valence-corrected chi connectivity index (χ1v) is 45.0. The van der Waals surface area contributed by atoms with Gasteiger partial charge in [0.1, 0.15) is 102 Å². The molecular weight excluding hydrogens is 1880 g/mol. The average molecular weight is 2010 g/mol. The van der Waals surface area contributed by atoms with Gasteiger partial charge in [-0.15, -0.1) is 0 Å². The van der Waals surface area contributed by atoms with Gasteiger partial charge in [-0.25, -0.2) is 9.78 Å². The third-order valence-corrected chi connectivity index (χ3v) is 21.2. The van der Waals surface area contributed by atoms with Gasteiger partial charge in [0.15, 0.2) is 0 Å². The lowest BCUT2D eigenvalue weighted by atomic mass is 10.00. The number of carbonyl (C=O) groups excluding carboxylic acids is 19. The quantitative estimate of drug-likeness (QED) is 0.0233. The molecule has 1 aromatic heterocycles. The number of aliphatic hydroxyl groups excluding tert-OH is 4. The molecule has 0 radical (unpaired) electrons. The summed E-state index contributed by atoms with van der Waals surface area (Å²) in [4.78, 5) is 314. The van der Waals surface area contributed by atoms with Crippen LogP contribution in [-0.4, -0.2) is 340 Å². The van der Waals surface area contributed by atoms with Crippen molar-refractivity contribution in [2.24, 2.45) is 29.0 Å². The number of rotatable bonds is 65. The number of phenols is 1. The number of carboxylic acid groups (broad SMARTS) is 4. The maximum atomic E-state index is 14.6. The molecule has 17 atom stereocenters. The summed E-state index contributed by atoms with van der Waals surface area (Å²) in [6, 6.07) is -15.2. The Hall–Kier alpha value is -15.0. The van der Waals surface area contributed by atoms with Crippen LogP contribution in [-0.2, 0) is 130 Å². The number of nitrogens with one attached hydrogen (secondary N) is 19. The molecule has 0 bridgehead atoms. The summed E-state index contributed by atoms with van der Waals surface area (Å²) < 4.78 is 0. The van der Waals surface area contributed by atoms with E-state index in [-0.39, 0.29) is 43.5 Å². The number of unbranched alkanes of at least 4 members (excludes halogenated alkanes) is 1. The van der Waals surface area contributed by atoms with E-state index in [2.05, 4.69) is 100 Å². The van der Waals surface area contributed by atoms with Gasteiger partial charge in [-0.3, -0.25) is 105 Å². The van der Waals surface area contributed by atoms with E-state index in [0.29, 0.717) is 24.1 Å². The Morgan fingerprint density at radius 1 is 0.408 bits per heavy atom. The number of amides is 19. The van der Waals surface area contributed by atoms with Gasteiger partial charge in [-0.05, 0) is 121 Å². The Labute approximate surface area is 813 Å². The van der Waals surface area contributed by atoms with Gasteiger partial charge in [0.2, 0.25) is 112 Å². The Morgan fingerprint density at radius 2 is 0.810 bits per heavy atom. The molecule has 55 heteroatoms. The zero-order valence-electron chi connectivity index (χ0n) is 79.6. The number of H-pyrrole nitrogens is 1. The first-order chi connectivity index (χ1) is 66.6. The minimum absolute atomic E-state index is 0.0296. The first kappa shape index (κ1) is 121. The molecule has 0 fully saturated rings.